The van der Waals surface area contributed by atoms with E-state index in [4.69, 9.17) is 16.3 Å². The van der Waals surface area contributed by atoms with Crippen molar-refractivity contribution in [3.05, 3.63) is 53.1 Å². The van der Waals surface area contributed by atoms with Crippen LogP contribution in [-0.2, 0) is 0 Å². The van der Waals surface area contributed by atoms with Crippen LogP contribution in [0.3, 0.4) is 0 Å². The normalized spacial score (nSPS) is 10.1. The van der Waals surface area contributed by atoms with Crippen LogP contribution in [0, 0.1) is 5.82 Å². The molecule has 0 spiro atoms. The lowest BCUT2D eigenvalue weighted by Crippen LogP contribution is -2.13. The van der Waals surface area contributed by atoms with Crippen LogP contribution in [0.1, 0.15) is 10.5 Å². The Morgan fingerprint density at radius 3 is 2.79 bits per heavy atom. The Bertz CT molecular complexity index is 619. The van der Waals surface area contributed by atoms with E-state index in [1.165, 1.54) is 31.4 Å². The minimum Gasteiger partial charge on any atom is -0.494 e. The molecule has 2 rings (SSSR count). The number of hydrogen-bond donors (Lipinski definition) is 1. The number of rotatable bonds is 3. The number of benzene rings is 1. The van der Waals surface area contributed by atoms with Gasteiger partial charge in [0.15, 0.2) is 11.6 Å². The Morgan fingerprint density at radius 2 is 2.16 bits per heavy atom. The first-order chi connectivity index (χ1) is 9.10. The molecular weight excluding hydrogens is 271 g/mol. The third kappa shape index (κ3) is 3.20. The van der Waals surface area contributed by atoms with Gasteiger partial charge in [0.1, 0.15) is 10.8 Å². The molecule has 1 amide bonds. The van der Waals surface area contributed by atoms with Gasteiger partial charge in [-0.05, 0) is 24.3 Å². The summed E-state index contributed by atoms with van der Waals surface area (Å²) < 4.78 is 18.2. The summed E-state index contributed by atoms with van der Waals surface area (Å²) in [6.45, 7) is 0. The molecule has 1 aromatic carbocycles. The van der Waals surface area contributed by atoms with E-state index in [9.17, 15) is 9.18 Å². The smallest absolute Gasteiger partial charge is 0.274 e. The number of aromatic nitrogens is 1. The van der Waals surface area contributed by atoms with E-state index in [1.807, 2.05) is 0 Å². The Kier molecular flexibility index (Phi) is 3.97. The number of carbonyl (C=O) groups is 1. The van der Waals surface area contributed by atoms with Crippen molar-refractivity contribution in [3.63, 3.8) is 0 Å². The van der Waals surface area contributed by atoms with Gasteiger partial charge in [-0.2, -0.15) is 0 Å². The van der Waals surface area contributed by atoms with Crippen LogP contribution >= 0.6 is 11.6 Å². The average Bonchev–Trinajstić information content (AvgIpc) is 2.39. The highest BCUT2D eigenvalue weighted by molar-refractivity contribution is 6.29. The van der Waals surface area contributed by atoms with Gasteiger partial charge in [-0.1, -0.05) is 17.7 Å². The van der Waals surface area contributed by atoms with Crippen molar-refractivity contribution < 1.29 is 13.9 Å². The number of carbonyl (C=O) groups excluding carboxylic acids is 1. The molecule has 1 heterocycles. The highest BCUT2D eigenvalue weighted by Gasteiger charge is 2.10. The van der Waals surface area contributed by atoms with Gasteiger partial charge in [0.05, 0.1) is 7.11 Å². The predicted octanol–water partition coefficient (Wildman–Crippen LogP) is 3.14. The van der Waals surface area contributed by atoms with Crippen molar-refractivity contribution in [2.45, 2.75) is 0 Å². The molecule has 0 saturated heterocycles. The molecule has 0 atom stereocenters. The van der Waals surface area contributed by atoms with Gasteiger partial charge >= 0.3 is 0 Å². The fourth-order valence-corrected chi connectivity index (χ4v) is 1.64. The summed E-state index contributed by atoms with van der Waals surface area (Å²) in [6.07, 6.45) is 0. The second kappa shape index (κ2) is 5.67. The van der Waals surface area contributed by atoms with Crippen LogP contribution < -0.4 is 10.1 Å². The number of methoxy groups -OCH3 is 1. The number of hydrogen-bond acceptors (Lipinski definition) is 3. The van der Waals surface area contributed by atoms with Gasteiger partial charge < -0.3 is 10.1 Å². The summed E-state index contributed by atoms with van der Waals surface area (Å²) in [6, 6.07) is 8.81. The summed E-state index contributed by atoms with van der Waals surface area (Å²) in [5, 5.41) is 2.74. The summed E-state index contributed by atoms with van der Waals surface area (Å²) in [5.74, 6) is -0.912. The minimum atomic E-state index is -0.556. The quantitative estimate of drug-likeness (QED) is 0.879. The molecule has 1 N–H and O–H groups in total. The van der Waals surface area contributed by atoms with Gasteiger partial charge in [0.25, 0.3) is 5.91 Å². The highest BCUT2D eigenvalue weighted by Crippen LogP contribution is 2.21. The number of amides is 1. The fourth-order valence-electron chi connectivity index (χ4n) is 1.47. The number of pyridine rings is 1. The van der Waals surface area contributed by atoms with E-state index in [-0.39, 0.29) is 16.6 Å². The van der Waals surface area contributed by atoms with E-state index in [0.717, 1.165) is 0 Å². The first kappa shape index (κ1) is 13.3. The molecule has 2 aromatic rings. The number of halogens is 2. The van der Waals surface area contributed by atoms with Crippen LogP contribution in [0.4, 0.5) is 10.1 Å². The molecule has 0 radical (unpaired) electrons. The second-order valence-electron chi connectivity index (χ2n) is 3.65. The first-order valence-electron chi connectivity index (χ1n) is 5.37. The minimum absolute atomic E-state index is 0.110. The SMILES string of the molecule is COc1ccc(NC(=O)c2cccc(Cl)n2)cc1F. The standard InChI is InChI=1S/C13H10ClFN2O2/c1-19-11-6-5-8(7-9(11)15)16-13(18)10-3-2-4-12(14)17-10/h2-7H,1H3,(H,16,18). The summed E-state index contributed by atoms with van der Waals surface area (Å²) in [7, 11) is 1.37. The molecule has 0 bridgehead atoms. The summed E-state index contributed by atoms with van der Waals surface area (Å²) >= 11 is 5.69. The lowest BCUT2D eigenvalue weighted by Gasteiger charge is -2.07. The summed E-state index contributed by atoms with van der Waals surface area (Å²) in [4.78, 5) is 15.7. The molecule has 1 aromatic heterocycles. The molecule has 19 heavy (non-hydrogen) atoms. The second-order valence-corrected chi connectivity index (χ2v) is 4.04. The zero-order chi connectivity index (χ0) is 13.8. The fraction of sp³-hybridized carbons (Fsp3) is 0.0769. The molecular formula is C13H10ClFN2O2. The maximum atomic E-state index is 13.5. The average molecular weight is 281 g/mol. The van der Waals surface area contributed by atoms with Gasteiger partial charge in [-0.25, -0.2) is 9.37 Å². The third-order valence-electron chi connectivity index (χ3n) is 2.36. The van der Waals surface area contributed by atoms with E-state index >= 15 is 0 Å². The van der Waals surface area contributed by atoms with Crippen molar-refractivity contribution in [3.8, 4) is 5.75 Å². The van der Waals surface area contributed by atoms with E-state index in [1.54, 1.807) is 12.1 Å². The molecule has 4 nitrogen and oxygen atoms in total. The predicted molar refractivity (Wildman–Crippen MR) is 70.2 cm³/mol. The molecule has 6 heteroatoms. The van der Waals surface area contributed by atoms with Gasteiger partial charge in [0.2, 0.25) is 0 Å². The zero-order valence-corrected chi connectivity index (χ0v) is 10.7. The van der Waals surface area contributed by atoms with Crippen LogP contribution in [0.25, 0.3) is 0 Å². The van der Waals surface area contributed by atoms with Gasteiger partial charge in [-0.15, -0.1) is 0 Å². The van der Waals surface area contributed by atoms with Crippen molar-refractivity contribution in [1.29, 1.82) is 0 Å². The van der Waals surface area contributed by atoms with Crippen molar-refractivity contribution >= 4 is 23.2 Å². The summed E-state index contributed by atoms with van der Waals surface area (Å²) in [5.41, 5.74) is 0.466. The maximum absolute atomic E-state index is 13.5. The van der Waals surface area contributed by atoms with Crippen LogP contribution in [0.2, 0.25) is 5.15 Å². The Labute approximate surface area is 114 Å². The Morgan fingerprint density at radius 1 is 1.37 bits per heavy atom. The Hall–Kier alpha value is -2.14. The number of ether oxygens (including phenoxy) is 1. The van der Waals surface area contributed by atoms with Gasteiger partial charge in [-0.3, -0.25) is 4.79 Å². The molecule has 98 valence electrons. The maximum Gasteiger partial charge on any atom is 0.274 e. The van der Waals surface area contributed by atoms with E-state index in [2.05, 4.69) is 10.3 Å². The molecule has 0 aliphatic carbocycles. The van der Waals surface area contributed by atoms with E-state index in [0.29, 0.717) is 5.69 Å². The van der Waals surface area contributed by atoms with Crippen molar-refractivity contribution in [2.24, 2.45) is 0 Å². The topological polar surface area (TPSA) is 51.2 Å². The number of nitrogens with zero attached hydrogens (tertiary/aromatic N) is 1. The van der Waals surface area contributed by atoms with Crippen LogP contribution in [0.15, 0.2) is 36.4 Å². The van der Waals surface area contributed by atoms with Crippen LogP contribution in [-0.4, -0.2) is 18.0 Å². The zero-order valence-electron chi connectivity index (χ0n) is 9.98. The first-order valence-corrected chi connectivity index (χ1v) is 5.75. The third-order valence-corrected chi connectivity index (χ3v) is 2.57. The van der Waals surface area contributed by atoms with Crippen LogP contribution in [0.5, 0.6) is 5.75 Å². The number of nitrogens with one attached hydrogen (secondary N) is 1. The molecule has 0 unspecified atom stereocenters. The lowest BCUT2D eigenvalue weighted by atomic mass is 10.2. The van der Waals surface area contributed by atoms with Gasteiger partial charge in [0, 0.05) is 11.8 Å². The largest absolute Gasteiger partial charge is 0.494 e. The van der Waals surface area contributed by atoms with Crippen molar-refractivity contribution in [2.75, 3.05) is 12.4 Å². The Balaban J connectivity index is 2.17. The van der Waals surface area contributed by atoms with E-state index < -0.39 is 11.7 Å². The molecule has 0 saturated carbocycles. The lowest BCUT2D eigenvalue weighted by molar-refractivity contribution is 0.102. The molecule has 0 aliphatic rings. The monoisotopic (exact) mass is 280 g/mol. The molecule has 0 aliphatic heterocycles. The highest BCUT2D eigenvalue weighted by atomic mass is 35.5. The molecule has 0 fully saturated rings. The van der Waals surface area contributed by atoms with Crippen molar-refractivity contribution in [1.82, 2.24) is 4.98 Å². The number of anilines is 1.